The zero-order valence-corrected chi connectivity index (χ0v) is 10.3. The maximum atomic E-state index is 11.5. The van der Waals surface area contributed by atoms with Crippen LogP contribution in [0.2, 0.25) is 5.02 Å². The molecule has 0 amide bonds. The van der Waals surface area contributed by atoms with Gasteiger partial charge in [-0.3, -0.25) is 0 Å². The molecule has 0 aliphatic carbocycles. The first-order valence-corrected chi connectivity index (χ1v) is 5.36. The Morgan fingerprint density at radius 1 is 1.57 bits per heavy atom. The van der Waals surface area contributed by atoms with Crippen LogP contribution in [0.25, 0.3) is 0 Å². The lowest BCUT2D eigenvalue weighted by Gasteiger charge is -2.08. The monoisotopic (exact) mass is 276 g/mol. The van der Waals surface area contributed by atoms with Gasteiger partial charge in [-0.1, -0.05) is 17.7 Å². The molecule has 76 valence electrons. The van der Waals surface area contributed by atoms with E-state index in [1.54, 1.807) is 19.1 Å². The zero-order chi connectivity index (χ0) is 10.7. The fraction of sp³-hybridized carbons (Fsp3) is 0.300. The molecule has 0 bridgehead atoms. The van der Waals surface area contributed by atoms with Crippen molar-refractivity contribution in [1.82, 2.24) is 0 Å². The summed E-state index contributed by atoms with van der Waals surface area (Å²) in [6.07, 6.45) is 0. The third-order valence-corrected chi connectivity index (χ3v) is 3.15. The van der Waals surface area contributed by atoms with Crippen LogP contribution in [-0.4, -0.2) is 12.6 Å². The van der Waals surface area contributed by atoms with Gasteiger partial charge in [0, 0.05) is 0 Å². The van der Waals surface area contributed by atoms with Gasteiger partial charge >= 0.3 is 5.97 Å². The van der Waals surface area contributed by atoms with Gasteiger partial charge in [0.25, 0.3) is 0 Å². The second kappa shape index (κ2) is 4.80. The van der Waals surface area contributed by atoms with Gasteiger partial charge in [0.05, 0.1) is 21.7 Å². The van der Waals surface area contributed by atoms with E-state index in [2.05, 4.69) is 15.9 Å². The Bertz CT molecular complexity index is 363. The minimum atomic E-state index is -0.348. The van der Waals surface area contributed by atoms with Crippen LogP contribution < -0.4 is 0 Å². The maximum Gasteiger partial charge on any atom is 0.339 e. The molecule has 0 aromatic heterocycles. The summed E-state index contributed by atoms with van der Waals surface area (Å²) in [5.74, 6) is -0.348. The molecule has 4 heteroatoms. The van der Waals surface area contributed by atoms with E-state index in [1.165, 1.54) is 0 Å². The van der Waals surface area contributed by atoms with Crippen molar-refractivity contribution in [3.05, 3.63) is 32.8 Å². The van der Waals surface area contributed by atoms with Gasteiger partial charge in [0.2, 0.25) is 0 Å². The molecule has 0 aliphatic heterocycles. The lowest BCUT2D eigenvalue weighted by Crippen LogP contribution is -2.07. The summed E-state index contributed by atoms with van der Waals surface area (Å²) < 4.78 is 5.51. The van der Waals surface area contributed by atoms with Crippen molar-refractivity contribution < 1.29 is 9.53 Å². The van der Waals surface area contributed by atoms with E-state index in [9.17, 15) is 4.79 Å². The average molecular weight is 278 g/mol. The van der Waals surface area contributed by atoms with E-state index in [4.69, 9.17) is 16.3 Å². The van der Waals surface area contributed by atoms with E-state index in [-0.39, 0.29) is 5.97 Å². The molecule has 1 aromatic rings. The number of aryl methyl sites for hydroxylation is 1. The summed E-state index contributed by atoms with van der Waals surface area (Å²) in [6, 6.07) is 3.53. The first-order valence-electron chi connectivity index (χ1n) is 4.19. The summed E-state index contributed by atoms with van der Waals surface area (Å²) in [5, 5.41) is 0.513. The molecule has 1 rings (SSSR count). The molecule has 0 spiro atoms. The smallest absolute Gasteiger partial charge is 0.339 e. The predicted octanol–water partition coefficient (Wildman–Crippen LogP) is 3.59. The Morgan fingerprint density at radius 3 is 2.79 bits per heavy atom. The van der Waals surface area contributed by atoms with Gasteiger partial charge in [-0.25, -0.2) is 4.79 Å². The number of benzene rings is 1. The molecule has 0 saturated heterocycles. The van der Waals surface area contributed by atoms with Crippen LogP contribution >= 0.6 is 27.5 Å². The molecule has 0 heterocycles. The van der Waals surface area contributed by atoms with Crippen LogP contribution in [0.4, 0.5) is 0 Å². The van der Waals surface area contributed by atoms with E-state index in [0.717, 1.165) is 5.56 Å². The SMILES string of the molecule is CCOC(=O)c1c(C)ccc(Cl)c1Br. The Labute approximate surface area is 96.3 Å². The highest BCUT2D eigenvalue weighted by molar-refractivity contribution is 9.10. The third kappa shape index (κ3) is 2.28. The molecule has 0 radical (unpaired) electrons. The molecular formula is C10H10BrClO2. The number of esters is 1. The first kappa shape index (κ1) is 11.5. The van der Waals surface area contributed by atoms with E-state index in [0.29, 0.717) is 21.7 Å². The highest BCUT2D eigenvalue weighted by atomic mass is 79.9. The molecule has 0 atom stereocenters. The lowest BCUT2D eigenvalue weighted by atomic mass is 10.1. The number of carbonyl (C=O) groups is 1. The minimum Gasteiger partial charge on any atom is -0.462 e. The molecule has 0 fully saturated rings. The zero-order valence-electron chi connectivity index (χ0n) is 7.93. The molecule has 0 saturated carbocycles. The van der Waals surface area contributed by atoms with Gasteiger partial charge < -0.3 is 4.74 Å². The molecular weight excluding hydrogens is 267 g/mol. The highest BCUT2D eigenvalue weighted by Gasteiger charge is 2.16. The topological polar surface area (TPSA) is 26.3 Å². The highest BCUT2D eigenvalue weighted by Crippen LogP contribution is 2.29. The quantitative estimate of drug-likeness (QED) is 0.772. The summed E-state index contributed by atoms with van der Waals surface area (Å²) in [7, 11) is 0. The fourth-order valence-corrected chi connectivity index (χ4v) is 1.87. The van der Waals surface area contributed by atoms with Crippen molar-refractivity contribution in [1.29, 1.82) is 0 Å². The normalized spacial score (nSPS) is 10.0. The number of hydrogen-bond donors (Lipinski definition) is 0. The minimum absolute atomic E-state index is 0.348. The van der Waals surface area contributed by atoms with Crippen LogP contribution in [-0.2, 0) is 4.74 Å². The Hall–Kier alpha value is -0.540. The van der Waals surface area contributed by atoms with Crippen molar-refractivity contribution >= 4 is 33.5 Å². The van der Waals surface area contributed by atoms with Crippen molar-refractivity contribution in [2.45, 2.75) is 13.8 Å². The van der Waals surface area contributed by atoms with Crippen LogP contribution in [0.1, 0.15) is 22.8 Å². The largest absolute Gasteiger partial charge is 0.462 e. The van der Waals surface area contributed by atoms with Crippen molar-refractivity contribution in [2.75, 3.05) is 6.61 Å². The standard InChI is InChI=1S/C10H10BrClO2/c1-3-14-10(13)8-6(2)4-5-7(12)9(8)11/h4-5H,3H2,1-2H3. The van der Waals surface area contributed by atoms with Crippen LogP contribution in [0.5, 0.6) is 0 Å². The van der Waals surface area contributed by atoms with Gasteiger partial charge in [0.1, 0.15) is 0 Å². The maximum absolute atomic E-state index is 11.5. The molecule has 2 nitrogen and oxygen atoms in total. The van der Waals surface area contributed by atoms with E-state index >= 15 is 0 Å². The van der Waals surface area contributed by atoms with Gasteiger partial charge in [-0.2, -0.15) is 0 Å². The third-order valence-electron chi connectivity index (χ3n) is 1.78. The Kier molecular flexibility index (Phi) is 3.96. The second-order valence-electron chi connectivity index (χ2n) is 2.77. The molecule has 1 aromatic carbocycles. The van der Waals surface area contributed by atoms with Crippen LogP contribution in [0, 0.1) is 6.92 Å². The van der Waals surface area contributed by atoms with Crippen molar-refractivity contribution in [2.24, 2.45) is 0 Å². The molecule has 0 unspecified atom stereocenters. The molecule has 0 aliphatic rings. The summed E-state index contributed by atoms with van der Waals surface area (Å²) >= 11 is 9.14. The Morgan fingerprint density at radius 2 is 2.21 bits per heavy atom. The number of carbonyl (C=O) groups excluding carboxylic acids is 1. The predicted molar refractivity (Wildman–Crippen MR) is 59.8 cm³/mol. The van der Waals surface area contributed by atoms with Crippen LogP contribution in [0.15, 0.2) is 16.6 Å². The number of hydrogen-bond acceptors (Lipinski definition) is 2. The molecule has 0 N–H and O–H groups in total. The summed E-state index contributed by atoms with van der Waals surface area (Å²) in [6.45, 7) is 3.97. The van der Waals surface area contributed by atoms with Crippen LogP contribution in [0.3, 0.4) is 0 Å². The fourth-order valence-electron chi connectivity index (χ4n) is 1.10. The van der Waals surface area contributed by atoms with Crippen molar-refractivity contribution in [3.8, 4) is 0 Å². The van der Waals surface area contributed by atoms with E-state index < -0.39 is 0 Å². The molecule has 14 heavy (non-hydrogen) atoms. The summed E-state index contributed by atoms with van der Waals surface area (Å²) in [5.41, 5.74) is 1.35. The average Bonchev–Trinajstić information content (AvgIpc) is 2.13. The first-order chi connectivity index (χ1) is 6.57. The van der Waals surface area contributed by atoms with Crippen molar-refractivity contribution in [3.63, 3.8) is 0 Å². The second-order valence-corrected chi connectivity index (χ2v) is 3.97. The number of halogens is 2. The number of ether oxygens (including phenoxy) is 1. The Balaban J connectivity index is 3.18. The van der Waals surface area contributed by atoms with Gasteiger partial charge in [-0.15, -0.1) is 0 Å². The summed E-state index contributed by atoms with van der Waals surface area (Å²) in [4.78, 5) is 11.5. The van der Waals surface area contributed by atoms with E-state index in [1.807, 2.05) is 6.92 Å². The lowest BCUT2D eigenvalue weighted by molar-refractivity contribution is 0.0524. The van der Waals surface area contributed by atoms with Gasteiger partial charge in [-0.05, 0) is 41.4 Å². The number of rotatable bonds is 2. The van der Waals surface area contributed by atoms with Gasteiger partial charge in [0.15, 0.2) is 0 Å².